The van der Waals surface area contributed by atoms with Crippen LogP contribution in [0, 0.1) is 0 Å². The van der Waals surface area contributed by atoms with E-state index in [0.717, 1.165) is 25.9 Å². The summed E-state index contributed by atoms with van der Waals surface area (Å²) in [7, 11) is 0. The van der Waals surface area contributed by atoms with Crippen molar-refractivity contribution in [2.45, 2.75) is 18.9 Å². The fraction of sp³-hybridized carbons (Fsp3) is 0.278. The van der Waals surface area contributed by atoms with Crippen molar-refractivity contribution in [3.8, 4) is 0 Å². The van der Waals surface area contributed by atoms with Gasteiger partial charge in [-0.05, 0) is 37.1 Å². The molecule has 0 aliphatic carbocycles. The number of piperidine rings is 1. The van der Waals surface area contributed by atoms with Gasteiger partial charge in [0.25, 0.3) is 0 Å². The van der Waals surface area contributed by atoms with E-state index in [9.17, 15) is 4.79 Å². The molecule has 2 aromatic rings. The lowest BCUT2D eigenvalue weighted by molar-refractivity contribution is 0.0270. The molecule has 3 nitrogen and oxygen atoms in total. The molecule has 1 fully saturated rings. The first-order valence-electron chi connectivity index (χ1n) is 7.39. The molecule has 1 atom stereocenters. The Morgan fingerprint density at radius 1 is 1.00 bits per heavy atom. The van der Waals surface area contributed by atoms with Gasteiger partial charge in [0.05, 0.1) is 12.1 Å². The first-order valence-corrected chi connectivity index (χ1v) is 7.39. The minimum atomic E-state index is -0.226. The molecule has 0 bridgehead atoms. The highest BCUT2D eigenvalue weighted by atomic mass is 35.5. The highest BCUT2D eigenvalue weighted by molar-refractivity contribution is 5.89. The van der Waals surface area contributed by atoms with E-state index in [-0.39, 0.29) is 24.5 Å². The van der Waals surface area contributed by atoms with Gasteiger partial charge in [-0.3, -0.25) is 0 Å². The molecule has 0 amide bonds. The number of para-hydroxylation sites is 1. The topological polar surface area (TPSA) is 29.5 Å². The van der Waals surface area contributed by atoms with E-state index in [1.54, 1.807) is 12.1 Å². The zero-order valence-electron chi connectivity index (χ0n) is 12.4. The summed E-state index contributed by atoms with van der Waals surface area (Å²) in [5, 5.41) is 0. The lowest BCUT2D eigenvalue weighted by Crippen LogP contribution is -2.40. The van der Waals surface area contributed by atoms with Gasteiger partial charge in [0.2, 0.25) is 0 Å². The molecular weight excluding hydrogens is 298 g/mol. The van der Waals surface area contributed by atoms with Crippen molar-refractivity contribution in [3.63, 3.8) is 0 Å². The van der Waals surface area contributed by atoms with Crippen LogP contribution in [0.15, 0.2) is 60.7 Å². The van der Waals surface area contributed by atoms with Gasteiger partial charge in [0, 0.05) is 12.2 Å². The van der Waals surface area contributed by atoms with Gasteiger partial charge in [-0.2, -0.15) is 0 Å². The van der Waals surface area contributed by atoms with Crippen LogP contribution in [0.4, 0.5) is 5.69 Å². The van der Waals surface area contributed by atoms with E-state index in [4.69, 9.17) is 4.74 Å². The predicted octanol–water partition coefficient (Wildman–Crippen LogP) is 3.93. The average molecular weight is 318 g/mol. The smallest absolute Gasteiger partial charge is 0.338 e. The molecule has 3 rings (SSSR count). The van der Waals surface area contributed by atoms with Gasteiger partial charge in [-0.25, -0.2) is 4.79 Å². The van der Waals surface area contributed by atoms with Crippen LogP contribution in [-0.2, 0) is 4.74 Å². The molecular formula is C18H20ClNO2. The number of ether oxygens (including phenoxy) is 1. The summed E-state index contributed by atoms with van der Waals surface area (Å²) in [6.45, 7) is 1.78. The van der Waals surface area contributed by atoms with E-state index in [0.29, 0.717) is 5.56 Å². The maximum Gasteiger partial charge on any atom is 0.338 e. The Hall–Kier alpha value is -2.00. The lowest BCUT2D eigenvalue weighted by atomic mass is 10.1. The van der Waals surface area contributed by atoms with Crippen LogP contribution in [-0.4, -0.2) is 25.2 Å². The number of carbonyl (C=O) groups is 1. The first-order chi connectivity index (χ1) is 10.3. The number of anilines is 1. The van der Waals surface area contributed by atoms with Gasteiger partial charge in [0.15, 0.2) is 0 Å². The third kappa shape index (κ3) is 4.01. The monoisotopic (exact) mass is 317 g/mol. The van der Waals surface area contributed by atoms with E-state index in [1.807, 2.05) is 36.4 Å². The first kappa shape index (κ1) is 16.4. The summed E-state index contributed by atoms with van der Waals surface area (Å²) in [5.41, 5.74) is 1.81. The fourth-order valence-electron chi connectivity index (χ4n) is 2.70. The highest BCUT2D eigenvalue weighted by Gasteiger charge is 2.23. The zero-order chi connectivity index (χ0) is 14.5. The summed E-state index contributed by atoms with van der Waals surface area (Å²) >= 11 is 0. The number of rotatable bonds is 3. The molecule has 1 saturated heterocycles. The average Bonchev–Trinajstić information content (AvgIpc) is 2.57. The summed E-state index contributed by atoms with van der Waals surface area (Å²) in [5.74, 6) is -0.226. The molecule has 4 heteroatoms. The van der Waals surface area contributed by atoms with Crippen molar-refractivity contribution in [1.82, 2.24) is 0 Å². The minimum Gasteiger partial charge on any atom is -0.457 e. The second-order valence-corrected chi connectivity index (χ2v) is 5.32. The Kier molecular flexibility index (Phi) is 5.84. The van der Waals surface area contributed by atoms with E-state index >= 15 is 0 Å². The van der Waals surface area contributed by atoms with E-state index < -0.39 is 0 Å². The largest absolute Gasteiger partial charge is 0.457 e. The Labute approximate surface area is 137 Å². The Bertz CT molecular complexity index is 589. The second-order valence-electron chi connectivity index (χ2n) is 5.32. The summed E-state index contributed by atoms with van der Waals surface area (Å²) in [4.78, 5) is 14.4. The Balaban J connectivity index is 0.00000176. The van der Waals surface area contributed by atoms with Gasteiger partial charge in [0.1, 0.15) is 6.10 Å². The quantitative estimate of drug-likeness (QED) is 0.803. The maximum absolute atomic E-state index is 12.1. The maximum atomic E-state index is 12.1. The van der Waals surface area contributed by atoms with Crippen molar-refractivity contribution < 1.29 is 9.53 Å². The summed E-state index contributed by atoms with van der Waals surface area (Å²) < 4.78 is 5.65. The van der Waals surface area contributed by atoms with Crippen LogP contribution >= 0.6 is 12.4 Å². The molecule has 0 spiro atoms. The summed E-state index contributed by atoms with van der Waals surface area (Å²) in [6, 6.07) is 19.5. The van der Waals surface area contributed by atoms with Crippen molar-refractivity contribution >= 4 is 24.1 Å². The minimum absolute atomic E-state index is 0. The Morgan fingerprint density at radius 2 is 1.64 bits per heavy atom. The third-order valence-electron chi connectivity index (χ3n) is 3.78. The van der Waals surface area contributed by atoms with Crippen LogP contribution in [0.25, 0.3) is 0 Å². The normalized spacial score (nSPS) is 17.5. The molecule has 22 heavy (non-hydrogen) atoms. The molecule has 0 saturated carbocycles. The van der Waals surface area contributed by atoms with Crippen molar-refractivity contribution in [2.75, 3.05) is 18.0 Å². The fourth-order valence-corrected chi connectivity index (χ4v) is 2.70. The van der Waals surface area contributed by atoms with Crippen molar-refractivity contribution in [3.05, 3.63) is 66.2 Å². The number of hydrogen-bond acceptors (Lipinski definition) is 3. The molecule has 0 N–H and O–H groups in total. The number of carbonyl (C=O) groups excluding carboxylic acids is 1. The summed E-state index contributed by atoms with van der Waals surface area (Å²) in [6.07, 6.45) is 1.94. The van der Waals surface area contributed by atoms with Gasteiger partial charge in [-0.1, -0.05) is 36.4 Å². The molecule has 2 aromatic carbocycles. The van der Waals surface area contributed by atoms with Crippen LogP contribution in [0.2, 0.25) is 0 Å². The van der Waals surface area contributed by atoms with E-state index in [1.165, 1.54) is 5.69 Å². The van der Waals surface area contributed by atoms with E-state index in [2.05, 4.69) is 17.0 Å². The van der Waals surface area contributed by atoms with Crippen molar-refractivity contribution in [1.29, 1.82) is 0 Å². The number of halogens is 1. The second kappa shape index (κ2) is 7.85. The van der Waals surface area contributed by atoms with Crippen LogP contribution < -0.4 is 4.90 Å². The number of nitrogens with zero attached hydrogens (tertiary/aromatic N) is 1. The molecule has 0 aromatic heterocycles. The molecule has 1 aliphatic heterocycles. The molecule has 116 valence electrons. The zero-order valence-corrected chi connectivity index (χ0v) is 13.2. The Morgan fingerprint density at radius 3 is 2.32 bits per heavy atom. The van der Waals surface area contributed by atoms with Crippen molar-refractivity contribution in [2.24, 2.45) is 0 Å². The standard InChI is InChI=1S/C18H19NO2.ClH/c20-18(15-8-3-1-4-9-15)21-17-12-7-13-19(14-17)16-10-5-2-6-11-16;/h1-6,8-11,17H,7,12-14H2;1H. The SMILES string of the molecule is Cl.O=C(OC1CCCN(c2ccccc2)C1)c1ccccc1. The molecule has 0 radical (unpaired) electrons. The molecule has 1 unspecified atom stereocenters. The number of hydrogen-bond donors (Lipinski definition) is 0. The highest BCUT2D eigenvalue weighted by Crippen LogP contribution is 2.21. The predicted molar refractivity (Wildman–Crippen MR) is 90.8 cm³/mol. The van der Waals surface area contributed by atoms with Gasteiger partial charge >= 0.3 is 5.97 Å². The molecule has 1 heterocycles. The van der Waals surface area contributed by atoms with Crippen LogP contribution in [0.5, 0.6) is 0 Å². The third-order valence-corrected chi connectivity index (χ3v) is 3.78. The van der Waals surface area contributed by atoms with Gasteiger partial charge < -0.3 is 9.64 Å². The molecule has 1 aliphatic rings. The van der Waals surface area contributed by atoms with Crippen LogP contribution in [0.3, 0.4) is 0 Å². The van der Waals surface area contributed by atoms with Crippen LogP contribution in [0.1, 0.15) is 23.2 Å². The lowest BCUT2D eigenvalue weighted by Gasteiger charge is -2.34. The number of esters is 1. The number of benzene rings is 2. The van der Waals surface area contributed by atoms with Gasteiger partial charge in [-0.15, -0.1) is 12.4 Å².